The fourth-order valence-corrected chi connectivity index (χ4v) is 1.26. The van der Waals surface area contributed by atoms with Gasteiger partial charge in [-0.25, -0.2) is 9.59 Å². The Morgan fingerprint density at radius 2 is 1.73 bits per heavy atom. The molecular weight excluding hydrogens is 218 g/mol. The molecule has 1 aromatic carbocycles. The Bertz CT molecular complexity index is 557. The number of benzene rings is 1. The van der Waals surface area contributed by atoms with E-state index in [1.165, 1.54) is 0 Å². The van der Waals surface area contributed by atoms with Crippen LogP contribution in [-0.4, -0.2) is 15.0 Å². The predicted octanol–water partition coefficient (Wildman–Crippen LogP) is 0.779. The van der Waals surface area contributed by atoms with Gasteiger partial charge in [0.2, 0.25) is 0 Å². The van der Waals surface area contributed by atoms with Crippen molar-refractivity contribution in [1.29, 1.82) is 0 Å². The van der Waals surface area contributed by atoms with Crippen LogP contribution in [0, 0.1) is 0 Å². The Morgan fingerprint density at radius 3 is 2.33 bits per heavy atom. The maximum Gasteiger partial charge on any atom is 0.351 e. The first-order chi connectivity index (χ1) is 7.15. The zero-order chi connectivity index (χ0) is 10.8. The summed E-state index contributed by atoms with van der Waals surface area (Å²) < 4.78 is 0. The summed E-state index contributed by atoms with van der Waals surface area (Å²) in [6, 6.07) is 6.64. The van der Waals surface area contributed by atoms with Crippen molar-refractivity contribution in [3.63, 3.8) is 0 Å². The summed E-state index contributed by atoms with van der Waals surface area (Å²) in [5, 5.41) is 0.575. The lowest BCUT2D eigenvalue weighted by Crippen LogP contribution is -2.25. The van der Waals surface area contributed by atoms with Crippen LogP contribution in [0.3, 0.4) is 0 Å². The topological polar surface area (TPSA) is 78.6 Å². The predicted molar refractivity (Wildman–Crippen MR) is 55.9 cm³/mol. The molecule has 0 aliphatic heterocycles. The molecule has 1 heterocycles. The van der Waals surface area contributed by atoms with E-state index in [0.717, 1.165) is 0 Å². The van der Waals surface area contributed by atoms with Gasteiger partial charge in [0.25, 0.3) is 0 Å². The first-order valence-corrected chi connectivity index (χ1v) is 4.49. The standard InChI is InChI=1S/C9H6ClN3O2/c10-6-3-1-5(2-4-6)7-11-8(14)13-9(15)12-7/h1-4H,(H2,11,12,13,14,15). The maximum absolute atomic E-state index is 11.0. The second kappa shape index (κ2) is 3.70. The van der Waals surface area contributed by atoms with Crippen molar-refractivity contribution in [2.24, 2.45) is 0 Å². The van der Waals surface area contributed by atoms with E-state index in [1.807, 2.05) is 4.98 Å². The van der Waals surface area contributed by atoms with Crippen molar-refractivity contribution in [2.45, 2.75) is 0 Å². The average molecular weight is 224 g/mol. The highest BCUT2D eigenvalue weighted by Crippen LogP contribution is 2.15. The van der Waals surface area contributed by atoms with Crippen LogP contribution >= 0.6 is 11.6 Å². The number of hydrogen-bond acceptors (Lipinski definition) is 3. The molecular formula is C9H6ClN3O2. The summed E-state index contributed by atoms with van der Waals surface area (Å²) in [6.07, 6.45) is 0. The molecule has 15 heavy (non-hydrogen) atoms. The Labute approximate surface area is 88.8 Å². The molecule has 0 fully saturated rings. The Hall–Kier alpha value is -1.88. The van der Waals surface area contributed by atoms with Crippen molar-refractivity contribution >= 4 is 11.6 Å². The summed E-state index contributed by atoms with van der Waals surface area (Å²) in [5.41, 5.74) is -0.633. The fourth-order valence-electron chi connectivity index (χ4n) is 1.14. The highest BCUT2D eigenvalue weighted by atomic mass is 35.5. The molecule has 2 aromatic rings. The van der Waals surface area contributed by atoms with E-state index in [4.69, 9.17) is 11.6 Å². The van der Waals surface area contributed by atoms with E-state index in [-0.39, 0.29) is 5.82 Å². The SMILES string of the molecule is O=c1nc(-c2ccc(Cl)cc2)[nH]c(=O)[nH]1. The third-order valence-corrected chi connectivity index (χ3v) is 2.04. The monoisotopic (exact) mass is 223 g/mol. The molecule has 5 nitrogen and oxygen atoms in total. The molecule has 0 bridgehead atoms. The molecule has 0 radical (unpaired) electrons. The van der Waals surface area contributed by atoms with E-state index in [9.17, 15) is 9.59 Å². The Kier molecular flexibility index (Phi) is 2.39. The summed E-state index contributed by atoms with van der Waals surface area (Å²) >= 11 is 5.70. The number of hydrogen-bond donors (Lipinski definition) is 2. The lowest BCUT2D eigenvalue weighted by atomic mass is 10.2. The van der Waals surface area contributed by atoms with E-state index >= 15 is 0 Å². The Balaban J connectivity index is 2.59. The van der Waals surface area contributed by atoms with Crippen molar-refractivity contribution in [2.75, 3.05) is 0 Å². The van der Waals surface area contributed by atoms with Gasteiger partial charge in [0.05, 0.1) is 0 Å². The van der Waals surface area contributed by atoms with E-state index < -0.39 is 11.4 Å². The summed E-state index contributed by atoms with van der Waals surface area (Å²) in [5.74, 6) is 0.223. The maximum atomic E-state index is 11.0. The second-order valence-corrected chi connectivity index (χ2v) is 3.29. The smallest absolute Gasteiger partial charge is 0.291 e. The van der Waals surface area contributed by atoms with Gasteiger partial charge in [0.15, 0.2) is 0 Å². The van der Waals surface area contributed by atoms with E-state index in [1.54, 1.807) is 24.3 Å². The van der Waals surface area contributed by atoms with Crippen molar-refractivity contribution in [3.8, 4) is 11.4 Å². The van der Waals surface area contributed by atoms with Crippen molar-refractivity contribution in [3.05, 3.63) is 50.3 Å². The zero-order valence-electron chi connectivity index (χ0n) is 7.45. The molecule has 0 saturated carbocycles. The summed E-state index contributed by atoms with van der Waals surface area (Å²) in [4.78, 5) is 29.9. The molecule has 0 amide bonds. The van der Waals surface area contributed by atoms with Gasteiger partial charge in [-0.2, -0.15) is 4.98 Å². The minimum Gasteiger partial charge on any atom is -0.291 e. The van der Waals surface area contributed by atoms with Crippen molar-refractivity contribution < 1.29 is 0 Å². The minimum absolute atomic E-state index is 0.223. The average Bonchev–Trinajstić information content (AvgIpc) is 2.17. The van der Waals surface area contributed by atoms with Gasteiger partial charge in [0, 0.05) is 10.6 Å². The van der Waals surface area contributed by atoms with Gasteiger partial charge >= 0.3 is 11.4 Å². The highest BCUT2D eigenvalue weighted by molar-refractivity contribution is 6.30. The lowest BCUT2D eigenvalue weighted by molar-refractivity contribution is 0.943. The van der Waals surface area contributed by atoms with Crippen LogP contribution in [0.5, 0.6) is 0 Å². The first kappa shape index (κ1) is 9.67. The van der Waals surface area contributed by atoms with Crippen LogP contribution in [0.15, 0.2) is 33.9 Å². The number of nitrogens with zero attached hydrogens (tertiary/aromatic N) is 1. The highest BCUT2D eigenvalue weighted by Gasteiger charge is 2.01. The number of H-pyrrole nitrogens is 2. The molecule has 2 rings (SSSR count). The number of halogens is 1. The molecule has 0 atom stereocenters. The van der Waals surface area contributed by atoms with Crippen LogP contribution in [0.4, 0.5) is 0 Å². The van der Waals surface area contributed by atoms with E-state index in [0.29, 0.717) is 10.6 Å². The van der Waals surface area contributed by atoms with Gasteiger partial charge < -0.3 is 0 Å². The second-order valence-electron chi connectivity index (χ2n) is 2.85. The van der Waals surface area contributed by atoms with Gasteiger partial charge in [-0.3, -0.25) is 9.97 Å². The van der Waals surface area contributed by atoms with Gasteiger partial charge in [-0.05, 0) is 24.3 Å². The van der Waals surface area contributed by atoms with E-state index in [2.05, 4.69) is 9.97 Å². The van der Waals surface area contributed by atoms with Crippen molar-refractivity contribution in [1.82, 2.24) is 15.0 Å². The Morgan fingerprint density at radius 1 is 1.07 bits per heavy atom. The lowest BCUT2D eigenvalue weighted by Gasteiger charge is -1.98. The minimum atomic E-state index is -0.677. The molecule has 6 heteroatoms. The van der Waals surface area contributed by atoms with Gasteiger partial charge in [0.1, 0.15) is 5.82 Å². The van der Waals surface area contributed by atoms with Gasteiger partial charge in [-0.1, -0.05) is 11.6 Å². The van der Waals surface area contributed by atoms with Crippen LogP contribution in [-0.2, 0) is 0 Å². The molecule has 0 aliphatic rings. The molecule has 1 aromatic heterocycles. The normalized spacial score (nSPS) is 10.2. The largest absolute Gasteiger partial charge is 0.351 e. The molecule has 2 N–H and O–H groups in total. The zero-order valence-corrected chi connectivity index (χ0v) is 8.21. The molecule has 76 valence electrons. The third kappa shape index (κ3) is 2.13. The number of rotatable bonds is 1. The van der Waals surface area contributed by atoms with Crippen LogP contribution in [0.25, 0.3) is 11.4 Å². The number of aromatic nitrogens is 3. The fraction of sp³-hybridized carbons (Fsp3) is 0. The van der Waals surface area contributed by atoms with Gasteiger partial charge in [-0.15, -0.1) is 0 Å². The molecule has 0 saturated heterocycles. The first-order valence-electron chi connectivity index (χ1n) is 4.12. The van der Waals surface area contributed by atoms with Crippen LogP contribution < -0.4 is 11.4 Å². The molecule has 0 unspecified atom stereocenters. The third-order valence-electron chi connectivity index (χ3n) is 1.78. The molecule has 0 spiro atoms. The van der Waals surface area contributed by atoms with Crippen LogP contribution in [0.1, 0.15) is 0 Å². The molecule has 0 aliphatic carbocycles. The number of nitrogens with one attached hydrogen (secondary N) is 2. The quantitative estimate of drug-likeness (QED) is 0.750. The summed E-state index contributed by atoms with van der Waals surface area (Å²) in [7, 11) is 0. The number of aromatic amines is 2. The summed E-state index contributed by atoms with van der Waals surface area (Å²) in [6.45, 7) is 0. The van der Waals surface area contributed by atoms with Crippen LogP contribution in [0.2, 0.25) is 5.02 Å².